The van der Waals surface area contributed by atoms with Gasteiger partial charge in [-0.3, -0.25) is 4.79 Å². The molecule has 5 rings (SSSR count). The lowest BCUT2D eigenvalue weighted by atomic mass is 10.1. The van der Waals surface area contributed by atoms with Gasteiger partial charge in [-0.1, -0.05) is 18.5 Å². The highest BCUT2D eigenvalue weighted by Crippen LogP contribution is 2.39. The molecular weight excluding hydrogens is 508 g/mol. The molecule has 4 aromatic rings. The fourth-order valence-electron chi connectivity index (χ4n) is 4.67. The standard InChI is InChI=1S/C28H31ClN4O3S/c1-4-10-33(28-30-27(19(2)37-28)23-7-6-22(35-3)17-24(23)29)21-5-8-25-20(16-21)9-11-32(25)18-26(34)31-12-14-36-15-13-31/h5-9,11,16-17H,4,10,12-15,18H2,1-3H3. The fourth-order valence-corrected chi connectivity index (χ4v) is 5.90. The van der Waals surface area contributed by atoms with Crippen LogP contribution in [0.5, 0.6) is 5.75 Å². The van der Waals surface area contributed by atoms with E-state index >= 15 is 0 Å². The first kappa shape index (κ1) is 25.6. The van der Waals surface area contributed by atoms with E-state index in [4.69, 9.17) is 26.1 Å². The first-order valence-electron chi connectivity index (χ1n) is 12.5. The minimum Gasteiger partial charge on any atom is -0.497 e. The zero-order valence-electron chi connectivity index (χ0n) is 21.4. The van der Waals surface area contributed by atoms with Crippen LogP contribution in [0.25, 0.3) is 22.2 Å². The molecule has 9 heteroatoms. The van der Waals surface area contributed by atoms with Gasteiger partial charge < -0.3 is 23.8 Å². The number of halogens is 1. The predicted octanol–water partition coefficient (Wildman–Crippen LogP) is 6.14. The quantitative estimate of drug-likeness (QED) is 0.269. The average molecular weight is 539 g/mol. The van der Waals surface area contributed by atoms with E-state index in [2.05, 4.69) is 43.0 Å². The van der Waals surface area contributed by atoms with Gasteiger partial charge in [0.25, 0.3) is 0 Å². The molecule has 194 valence electrons. The Bertz CT molecular complexity index is 1410. The minimum atomic E-state index is 0.125. The second kappa shape index (κ2) is 11.1. The van der Waals surface area contributed by atoms with Gasteiger partial charge >= 0.3 is 0 Å². The van der Waals surface area contributed by atoms with Gasteiger partial charge in [-0.05, 0) is 55.8 Å². The van der Waals surface area contributed by atoms with Crippen LogP contribution < -0.4 is 9.64 Å². The molecular formula is C28H31ClN4O3S. The third-order valence-electron chi connectivity index (χ3n) is 6.63. The molecule has 3 heterocycles. The largest absolute Gasteiger partial charge is 0.497 e. The molecule has 1 fully saturated rings. The second-order valence-corrected chi connectivity index (χ2v) is 10.7. The van der Waals surface area contributed by atoms with Crippen LogP contribution in [0.3, 0.4) is 0 Å². The zero-order chi connectivity index (χ0) is 25.9. The third-order valence-corrected chi connectivity index (χ3v) is 7.94. The summed E-state index contributed by atoms with van der Waals surface area (Å²) in [6, 6.07) is 14.2. The smallest absolute Gasteiger partial charge is 0.242 e. The number of benzene rings is 2. The van der Waals surface area contributed by atoms with Crippen LogP contribution in [0.1, 0.15) is 18.2 Å². The molecule has 1 aliphatic heterocycles. The number of amides is 1. The van der Waals surface area contributed by atoms with E-state index in [0.29, 0.717) is 37.9 Å². The lowest BCUT2D eigenvalue weighted by molar-refractivity contribution is -0.135. The Kier molecular flexibility index (Phi) is 7.69. The van der Waals surface area contributed by atoms with Gasteiger partial charge in [0.1, 0.15) is 12.3 Å². The van der Waals surface area contributed by atoms with Crippen molar-refractivity contribution in [1.29, 1.82) is 0 Å². The fraction of sp³-hybridized carbons (Fsp3) is 0.357. The molecule has 1 saturated heterocycles. The van der Waals surface area contributed by atoms with Crippen LogP contribution in [0, 0.1) is 6.92 Å². The highest BCUT2D eigenvalue weighted by atomic mass is 35.5. The number of morpholine rings is 1. The molecule has 7 nitrogen and oxygen atoms in total. The van der Waals surface area contributed by atoms with Gasteiger partial charge in [0.05, 0.1) is 31.0 Å². The number of anilines is 2. The first-order valence-corrected chi connectivity index (χ1v) is 13.7. The molecule has 0 aliphatic carbocycles. The number of methoxy groups -OCH3 is 1. The summed E-state index contributed by atoms with van der Waals surface area (Å²) in [6.45, 7) is 7.95. The number of aryl methyl sites for hydroxylation is 1. The van der Waals surface area contributed by atoms with Crippen molar-refractivity contribution in [3.63, 3.8) is 0 Å². The Morgan fingerprint density at radius 2 is 2.00 bits per heavy atom. The summed E-state index contributed by atoms with van der Waals surface area (Å²) in [7, 11) is 1.63. The highest BCUT2D eigenvalue weighted by Gasteiger charge is 2.20. The van der Waals surface area contributed by atoms with Crippen LogP contribution >= 0.6 is 22.9 Å². The van der Waals surface area contributed by atoms with E-state index in [1.54, 1.807) is 18.4 Å². The molecule has 0 saturated carbocycles. The molecule has 0 unspecified atom stereocenters. The maximum absolute atomic E-state index is 12.8. The van der Waals surface area contributed by atoms with Crippen molar-refractivity contribution in [3.05, 3.63) is 58.6 Å². The van der Waals surface area contributed by atoms with E-state index in [1.165, 1.54) is 0 Å². The van der Waals surface area contributed by atoms with Crippen LogP contribution in [0.2, 0.25) is 5.02 Å². The van der Waals surface area contributed by atoms with Gasteiger partial charge in [0, 0.05) is 52.9 Å². The van der Waals surface area contributed by atoms with Gasteiger partial charge in [-0.2, -0.15) is 0 Å². The number of fused-ring (bicyclic) bond motifs is 1. The number of rotatable bonds is 8. The van der Waals surface area contributed by atoms with Gasteiger partial charge in [0.15, 0.2) is 5.13 Å². The summed E-state index contributed by atoms with van der Waals surface area (Å²) in [5.41, 5.74) is 3.91. The molecule has 1 amide bonds. The van der Waals surface area contributed by atoms with E-state index in [9.17, 15) is 4.79 Å². The van der Waals surface area contributed by atoms with Crippen LogP contribution in [-0.4, -0.2) is 60.3 Å². The third kappa shape index (κ3) is 5.32. The van der Waals surface area contributed by atoms with Crippen molar-refractivity contribution in [3.8, 4) is 17.0 Å². The van der Waals surface area contributed by atoms with Crippen molar-refractivity contribution < 1.29 is 14.3 Å². The normalized spacial score (nSPS) is 13.8. The molecule has 0 N–H and O–H groups in total. The molecule has 2 aromatic carbocycles. The van der Waals surface area contributed by atoms with Gasteiger partial charge in [-0.15, -0.1) is 11.3 Å². The van der Waals surface area contributed by atoms with Crippen LogP contribution in [-0.2, 0) is 16.1 Å². The second-order valence-electron chi connectivity index (χ2n) is 9.08. The summed E-state index contributed by atoms with van der Waals surface area (Å²) in [6.07, 6.45) is 2.97. The van der Waals surface area contributed by atoms with Crippen molar-refractivity contribution in [2.45, 2.75) is 26.8 Å². The summed E-state index contributed by atoms with van der Waals surface area (Å²) in [5.74, 6) is 0.849. The zero-order valence-corrected chi connectivity index (χ0v) is 22.9. The maximum atomic E-state index is 12.8. The number of nitrogens with zero attached hydrogens (tertiary/aromatic N) is 4. The van der Waals surface area contributed by atoms with E-state index in [-0.39, 0.29) is 5.91 Å². The Morgan fingerprint density at radius 3 is 2.73 bits per heavy atom. The van der Waals surface area contributed by atoms with Gasteiger partial charge in [-0.25, -0.2) is 4.98 Å². The molecule has 0 radical (unpaired) electrons. The Labute approximate surface area is 226 Å². The van der Waals surface area contributed by atoms with E-state index in [0.717, 1.165) is 56.6 Å². The van der Waals surface area contributed by atoms with Crippen molar-refractivity contribution in [1.82, 2.24) is 14.5 Å². The van der Waals surface area contributed by atoms with E-state index < -0.39 is 0 Å². The molecule has 2 aromatic heterocycles. The Hall–Kier alpha value is -3.07. The molecule has 37 heavy (non-hydrogen) atoms. The average Bonchev–Trinajstić information content (AvgIpc) is 3.50. The highest BCUT2D eigenvalue weighted by molar-refractivity contribution is 7.16. The molecule has 0 spiro atoms. The number of thiazole rings is 1. The monoisotopic (exact) mass is 538 g/mol. The first-order chi connectivity index (χ1) is 18.0. The maximum Gasteiger partial charge on any atom is 0.242 e. The molecule has 0 atom stereocenters. The van der Waals surface area contributed by atoms with Crippen molar-refractivity contribution in [2.75, 3.05) is 44.9 Å². The molecule has 1 aliphatic rings. The van der Waals surface area contributed by atoms with E-state index in [1.807, 2.05) is 33.9 Å². The van der Waals surface area contributed by atoms with Crippen LogP contribution in [0.15, 0.2) is 48.7 Å². The number of carbonyl (C=O) groups excluding carboxylic acids is 1. The van der Waals surface area contributed by atoms with Gasteiger partial charge in [0.2, 0.25) is 5.91 Å². The predicted molar refractivity (Wildman–Crippen MR) is 150 cm³/mol. The van der Waals surface area contributed by atoms with Crippen LogP contribution in [0.4, 0.5) is 10.8 Å². The number of hydrogen-bond donors (Lipinski definition) is 0. The number of aromatic nitrogens is 2. The summed E-state index contributed by atoms with van der Waals surface area (Å²) >= 11 is 8.24. The number of ether oxygens (including phenoxy) is 2. The van der Waals surface area contributed by atoms with Crippen molar-refractivity contribution in [2.24, 2.45) is 0 Å². The summed E-state index contributed by atoms with van der Waals surface area (Å²) in [4.78, 5) is 23.1. The topological polar surface area (TPSA) is 59.8 Å². The Balaban J connectivity index is 1.42. The number of hydrogen-bond acceptors (Lipinski definition) is 6. The molecule has 0 bridgehead atoms. The lowest BCUT2D eigenvalue weighted by Gasteiger charge is -2.27. The van der Waals surface area contributed by atoms with Crippen molar-refractivity contribution >= 4 is 50.6 Å². The summed E-state index contributed by atoms with van der Waals surface area (Å²) in [5, 5.41) is 2.65. The number of carbonyl (C=O) groups is 1. The minimum absolute atomic E-state index is 0.125. The summed E-state index contributed by atoms with van der Waals surface area (Å²) < 4.78 is 12.7. The Morgan fingerprint density at radius 1 is 1.19 bits per heavy atom. The SMILES string of the molecule is CCCN(c1ccc2c(ccn2CC(=O)N2CCOCC2)c1)c1nc(-c2ccc(OC)cc2Cl)c(C)s1. The lowest BCUT2D eigenvalue weighted by Crippen LogP contribution is -2.42.